The largest absolute Gasteiger partial charge is 0.330 e. The van der Waals surface area contributed by atoms with Gasteiger partial charge in [-0.2, -0.15) is 8.78 Å². The van der Waals surface area contributed by atoms with Crippen molar-refractivity contribution in [2.45, 2.75) is 51.1 Å². The van der Waals surface area contributed by atoms with Crippen molar-refractivity contribution in [2.24, 2.45) is 0 Å². The normalized spacial score (nSPS) is 18.4. The molecule has 1 atom stereocenters. The molecule has 2 aromatic carbocycles. The van der Waals surface area contributed by atoms with Gasteiger partial charge in [0, 0.05) is 35.5 Å². The molecular formula is C24H21ClF2N2O4. The van der Waals surface area contributed by atoms with Crippen LogP contribution in [0.25, 0.3) is 0 Å². The van der Waals surface area contributed by atoms with Crippen LogP contribution in [0.5, 0.6) is 0 Å². The van der Waals surface area contributed by atoms with Crippen molar-refractivity contribution in [3.63, 3.8) is 0 Å². The lowest BCUT2D eigenvalue weighted by Crippen LogP contribution is -2.52. The Hall–Kier alpha value is -3.13. The number of hydrogen-bond acceptors (Lipinski definition) is 4. The van der Waals surface area contributed by atoms with Crippen molar-refractivity contribution in [2.75, 3.05) is 0 Å². The van der Waals surface area contributed by atoms with Crippen LogP contribution >= 0.6 is 11.6 Å². The van der Waals surface area contributed by atoms with Crippen LogP contribution in [-0.4, -0.2) is 34.4 Å². The number of amides is 3. The maximum Gasteiger partial charge on any atom is 0.330 e. The molecule has 0 aliphatic carbocycles. The van der Waals surface area contributed by atoms with E-state index < -0.39 is 29.2 Å². The Morgan fingerprint density at radius 2 is 1.97 bits per heavy atom. The van der Waals surface area contributed by atoms with Crippen LogP contribution in [0.15, 0.2) is 36.4 Å². The van der Waals surface area contributed by atoms with Crippen LogP contribution in [0, 0.1) is 6.92 Å². The SMILES string of the molecule is Cc1c(Cl)cccc1C(F)(F)C(=O)CCc1ccc2c(c1)CN(C1CCC(=O)NC1=O)C2=O. The number of nitrogens with one attached hydrogen (secondary N) is 1. The van der Waals surface area contributed by atoms with E-state index in [1.165, 1.54) is 30.0 Å². The van der Waals surface area contributed by atoms with Gasteiger partial charge in [0.25, 0.3) is 5.91 Å². The van der Waals surface area contributed by atoms with Crippen LogP contribution in [0.3, 0.4) is 0 Å². The van der Waals surface area contributed by atoms with E-state index in [4.69, 9.17) is 11.6 Å². The number of Topliss-reactive ketones (excluding diaryl/α,β-unsaturated/α-hetero) is 1. The summed E-state index contributed by atoms with van der Waals surface area (Å²) >= 11 is 5.93. The van der Waals surface area contributed by atoms with Crippen molar-refractivity contribution in [1.29, 1.82) is 0 Å². The van der Waals surface area contributed by atoms with E-state index in [1.54, 1.807) is 18.2 Å². The van der Waals surface area contributed by atoms with Crippen LogP contribution in [-0.2, 0) is 33.3 Å². The molecular weight excluding hydrogens is 454 g/mol. The van der Waals surface area contributed by atoms with Crippen molar-refractivity contribution < 1.29 is 28.0 Å². The number of alkyl halides is 2. The summed E-state index contributed by atoms with van der Waals surface area (Å²) in [5.41, 5.74) is 1.49. The lowest BCUT2D eigenvalue weighted by molar-refractivity contribution is -0.144. The summed E-state index contributed by atoms with van der Waals surface area (Å²) in [4.78, 5) is 50.1. The second-order valence-corrected chi connectivity index (χ2v) is 8.71. The van der Waals surface area contributed by atoms with Crippen LogP contribution in [0.1, 0.15) is 51.9 Å². The molecule has 1 unspecified atom stereocenters. The number of ketones is 1. The highest BCUT2D eigenvalue weighted by molar-refractivity contribution is 6.31. The number of carbonyl (C=O) groups is 4. The zero-order chi connectivity index (χ0) is 23.9. The molecule has 1 fully saturated rings. The zero-order valence-corrected chi connectivity index (χ0v) is 18.5. The van der Waals surface area contributed by atoms with E-state index in [9.17, 15) is 28.0 Å². The van der Waals surface area contributed by atoms with Crippen LogP contribution < -0.4 is 5.32 Å². The average molecular weight is 475 g/mol. The molecule has 172 valence electrons. The summed E-state index contributed by atoms with van der Waals surface area (Å²) in [7, 11) is 0. The third-order valence-corrected chi connectivity index (χ3v) is 6.59. The predicted molar refractivity (Wildman–Crippen MR) is 116 cm³/mol. The van der Waals surface area contributed by atoms with Crippen molar-refractivity contribution >= 4 is 35.1 Å². The molecule has 0 bridgehead atoms. The molecule has 3 amide bonds. The summed E-state index contributed by atoms with van der Waals surface area (Å²) in [5.74, 6) is -6.06. The monoisotopic (exact) mass is 474 g/mol. The Morgan fingerprint density at radius 1 is 1.21 bits per heavy atom. The molecule has 0 aromatic heterocycles. The number of rotatable bonds is 6. The van der Waals surface area contributed by atoms with Crippen molar-refractivity contribution in [3.05, 3.63) is 69.2 Å². The third-order valence-electron chi connectivity index (χ3n) is 6.18. The van der Waals surface area contributed by atoms with Gasteiger partial charge in [-0.3, -0.25) is 24.5 Å². The topological polar surface area (TPSA) is 83.6 Å². The second-order valence-electron chi connectivity index (χ2n) is 8.30. The fourth-order valence-electron chi connectivity index (χ4n) is 4.30. The van der Waals surface area contributed by atoms with Gasteiger partial charge >= 0.3 is 5.92 Å². The molecule has 0 radical (unpaired) electrons. The first-order valence-corrected chi connectivity index (χ1v) is 10.9. The first-order chi connectivity index (χ1) is 15.6. The molecule has 0 saturated carbocycles. The lowest BCUT2D eigenvalue weighted by atomic mass is 9.95. The van der Waals surface area contributed by atoms with Crippen LogP contribution in [0.2, 0.25) is 5.02 Å². The number of nitrogens with zero attached hydrogens (tertiary/aromatic N) is 1. The number of hydrogen-bond donors (Lipinski definition) is 1. The third kappa shape index (κ3) is 4.27. The Morgan fingerprint density at radius 3 is 2.70 bits per heavy atom. The molecule has 2 aliphatic rings. The number of fused-ring (bicyclic) bond motifs is 1. The standard InChI is InChI=1S/C24H21ClF2N2O4/c1-13-17(3-2-4-18(13)25)24(26,27)20(30)9-6-14-5-7-16-15(11-14)12-29(23(16)33)19-8-10-21(31)28-22(19)32/h2-5,7,11,19H,6,8-10,12H2,1H3,(H,28,31,32). The summed E-state index contributed by atoms with van der Waals surface area (Å²) in [6.07, 6.45) is 0.102. The lowest BCUT2D eigenvalue weighted by Gasteiger charge is -2.29. The van der Waals surface area contributed by atoms with Crippen molar-refractivity contribution in [1.82, 2.24) is 10.2 Å². The molecule has 0 spiro atoms. The minimum atomic E-state index is -3.66. The molecule has 6 nitrogen and oxygen atoms in total. The molecule has 1 N–H and O–H groups in total. The second kappa shape index (κ2) is 8.67. The number of carbonyl (C=O) groups excluding carboxylic acids is 4. The van der Waals surface area contributed by atoms with E-state index in [2.05, 4.69) is 5.32 Å². The minimum absolute atomic E-state index is 0.0773. The summed E-state index contributed by atoms with van der Waals surface area (Å²) in [5, 5.41) is 2.41. The Labute approximate surface area is 193 Å². The van der Waals surface area contributed by atoms with Gasteiger partial charge in [-0.1, -0.05) is 35.9 Å². The summed E-state index contributed by atoms with van der Waals surface area (Å²) < 4.78 is 29.5. The Bertz CT molecular complexity index is 1180. The fourth-order valence-corrected chi connectivity index (χ4v) is 4.47. The highest BCUT2D eigenvalue weighted by atomic mass is 35.5. The summed E-state index contributed by atoms with van der Waals surface area (Å²) in [6.45, 7) is 1.63. The number of aryl methyl sites for hydroxylation is 1. The molecule has 1 saturated heterocycles. The molecule has 9 heteroatoms. The van der Waals surface area contributed by atoms with Gasteiger partial charge in [0.1, 0.15) is 6.04 Å². The highest BCUT2D eigenvalue weighted by Crippen LogP contribution is 2.35. The van der Waals surface area contributed by atoms with Gasteiger partial charge in [0.15, 0.2) is 0 Å². The molecule has 2 heterocycles. The molecule has 2 aliphatic heterocycles. The number of piperidine rings is 1. The molecule has 2 aromatic rings. The average Bonchev–Trinajstić information content (AvgIpc) is 3.09. The van der Waals surface area contributed by atoms with E-state index in [0.29, 0.717) is 16.7 Å². The van der Waals surface area contributed by atoms with E-state index in [0.717, 1.165) is 0 Å². The van der Waals surface area contributed by atoms with E-state index in [1.807, 2.05) is 0 Å². The Kier molecular flexibility index (Phi) is 6.05. The minimum Gasteiger partial charge on any atom is -0.322 e. The number of benzene rings is 2. The fraction of sp³-hybridized carbons (Fsp3) is 0.333. The quantitative estimate of drug-likeness (QED) is 0.647. The maximum absolute atomic E-state index is 14.8. The molecule has 4 rings (SSSR count). The van der Waals surface area contributed by atoms with Gasteiger partial charge in [-0.15, -0.1) is 0 Å². The Balaban J connectivity index is 1.45. The van der Waals surface area contributed by atoms with Gasteiger partial charge in [0.05, 0.1) is 0 Å². The van der Waals surface area contributed by atoms with E-state index in [-0.39, 0.29) is 54.6 Å². The zero-order valence-electron chi connectivity index (χ0n) is 17.8. The molecule has 33 heavy (non-hydrogen) atoms. The van der Waals surface area contributed by atoms with Gasteiger partial charge in [-0.25, -0.2) is 0 Å². The van der Waals surface area contributed by atoms with Crippen molar-refractivity contribution in [3.8, 4) is 0 Å². The van der Waals surface area contributed by atoms with Crippen LogP contribution in [0.4, 0.5) is 8.78 Å². The predicted octanol–water partition coefficient (Wildman–Crippen LogP) is 3.70. The number of imide groups is 1. The first-order valence-electron chi connectivity index (χ1n) is 10.5. The first kappa shape index (κ1) is 23.0. The highest BCUT2D eigenvalue weighted by Gasteiger charge is 2.42. The maximum atomic E-state index is 14.8. The van der Waals surface area contributed by atoms with E-state index >= 15 is 0 Å². The van der Waals surface area contributed by atoms with Gasteiger partial charge in [-0.05, 0) is 48.6 Å². The van der Waals surface area contributed by atoms with Gasteiger partial charge < -0.3 is 4.90 Å². The van der Waals surface area contributed by atoms with Gasteiger partial charge in [0.2, 0.25) is 17.6 Å². The summed E-state index contributed by atoms with van der Waals surface area (Å²) in [6, 6.07) is 8.26. The number of halogens is 3. The smallest absolute Gasteiger partial charge is 0.322 e.